The minimum Gasteiger partial charge on any atom is -0.316 e. The van der Waals surface area contributed by atoms with Crippen molar-refractivity contribution in [2.45, 2.75) is 207 Å². The molecule has 0 atom stereocenters. The molecule has 0 N–H and O–H groups in total. The first-order chi connectivity index (χ1) is 25.3. The molecule has 288 valence electrons. The zero-order valence-corrected chi connectivity index (χ0v) is 34.2. The molecule has 0 saturated carbocycles. The first-order valence-corrected chi connectivity index (χ1v) is 22.5. The molecule has 0 fully saturated rings. The van der Waals surface area contributed by atoms with Crippen LogP contribution in [0.25, 0.3) is 0 Å². The number of hydrogen-bond donors (Lipinski definition) is 0. The molecule has 0 aromatic heterocycles. The van der Waals surface area contributed by atoms with Crippen molar-refractivity contribution in [3.05, 3.63) is 96.1 Å². The number of benzene rings is 2. The van der Waals surface area contributed by atoms with Gasteiger partial charge in [-0.25, -0.2) is 0 Å². The van der Waals surface area contributed by atoms with Gasteiger partial charge in [-0.05, 0) is 77.0 Å². The Labute approximate surface area is 319 Å². The summed E-state index contributed by atoms with van der Waals surface area (Å²) in [5.41, 5.74) is 3.01. The van der Waals surface area contributed by atoms with Gasteiger partial charge >= 0.3 is 0 Å². The fourth-order valence-electron chi connectivity index (χ4n) is 7.81. The third-order valence-corrected chi connectivity index (χ3v) is 11.0. The number of quaternary nitrogens is 1. The highest BCUT2D eigenvalue weighted by Gasteiger charge is 2.27. The van der Waals surface area contributed by atoms with E-state index >= 15 is 0 Å². The fourth-order valence-corrected chi connectivity index (χ4v) is 7.81. The lowest BCUT2D eigenvalue weighted by molar-refractivity contribution is -0.954. The first-order valence-electron chi connectivity index (χ1n) is 22.5. The van der Waals surface area contributed by atoms with E-state index in [2.05, 4.69) is 98.8 Å². The highest BCUT2D eigenvalue weighted by molar-refractivity contribution is 5.15. The molecule has 51 heavy (non-hydrogen) atoms. The zero-order chi connectivity index (χ0) is 36.2. The molecule has 2 aromatic rings. The van der Waals surface area contributed by atoms with Gasteiger partial charge in [0, 0.05) is 11.1 Å². The Morgan fingerprint density at radius 2 is 0.608 bits per heavy atom. The Balaban J connectivity index is 1.70. The maximum atomic E-state index is 2.43. The van der Waals surface area contributed by atoms with Crippen LogP contribution in [0.4, 0.5) is 0 Å². The summed E-state index contributed by atoms with van der Waals surface area (Å²) in [5, 5.41) is 0. The van der Waals surface area contributed by atoms with Crippen LogP contribution in [0, 0.1) is 0 Å². The molecule has 2 rings (SSSR count). The van der Waals surface area contributed by atoms with Crippen molar-refractivity contribution < 1.29 is 4.48 Å². The first kappa shape index (κ1) is 45.0. The largest absolute Gasteiger partial charge is 0.316 e. The summed E-state index contributed by atoms with van der Waals surface area (Å²) in [6.45, 7) is 9.52. The van der Waals surface area contributed by atoms with Gasteiger partial charge in [0.2, 0.25) is 0 Å². The third-order valence-electron chi connectivity index (χ3n) is 11.0. The minimum atomic E-state index is 1.16. The monoisotopic (exact) mass is 699 g/mol. The van der Waals surface area contributed by atoms with E-state index in [1.807, 2.05) is 0 Å². The van der Waals surface area contributed by atoms with Crippen molar-refractivity contribution in [1.82, 2.24) is 0 Å². The molecule has 1 heteroatoms. The second-order valence-corrected chi connectivity index (χ2v) is 16.0. The molecular weight excluding hydrogens is 615 g/mol. The average Bonchev–Trinajstić information content (AvgIpc) is 3.15. The Kier molecular flexibility index (Phi) is 29.8. The summed E-state index contributed by atoms with van der Waals surface area (Å²) < 4.78 is 1.22. The van der Waals surface area contributed by atoms with Gasteiger partial charge in [-0.2, -0.15) is 0 Å². The number of nitrogens with zero attached hydrogens (tertiary/aromatic N) is 1. The smallest absolute Gasteiger partial charge is 0.105 e. The van der Waals surface area contributed by atoms with Crippen LogP contribution in [-0.4, -0.2) is 17.6 Å². The summed E-state index contributed by atoms with van der Waals surface area (Å²) >= 11 is 0. The molecule has 2 aromatic carbocycles. The van der Waals surface area contributed by atoms with Gasteiger partial charge in [0.15, 0.2) is 0 Å². The molecule has 0 radical (unpaired) electrons. The highest BCUT2D eigenvalue weighted by atomic mass is 15.3. The Morgan fingerprint density at radius 1 is 0.333 bits per heavy atom. The van der Waals surface area contributed by atoms with Crippen molar-refractivity contribution in [3.8, 4) is 0 Å². The van der Waals surface area contributed by atoms with E-state index < -0.39 is 0 Å². The van der Waals surface area contributed by atoms with E-state index in [0.717, 1.165) is 13.1 Å². The van der Waals surface area contributed by atoms with E-state index in [1.165, 1.54) is 208 Å². The Bertz CT molecular complexity index is 952. The number of rotatable bonds is 36. The predicted octanol–water partition coefficient (Wildman–Crippen LogP) is 16.3. The van der Waals surface area contributed by atoms with E-state index in [9.17, 15) is 0 Å². The summed E-state index contributed by atoms with van der Waals surface area (Å²) in [6, 6.07) is 22.8. The molecule has 0 amide bonds. The average molecular weight is 699 g/mol. The Hall–Kier alpha value is -2.12. The lowest BCUT2D eigenvalue weighted by atomic mass is 10.0. The predicted molar refractivity (Wildman–Crippen MR) is 229 cm³/mol. The van der Waals surface area contributed by atoms with Crippen LogP contribution in [-0.2, 0) is 13.1 Å². The maximum absolute atomic E-state index is 2.43. The van der Waals surface area contributed by atoms with Gasteiger partial charge in [0.05, 0.1) is 13.1 Å². The lowest BCUT2D eigenvalue weighted by Gasteiger charge is -2.39. The molecule has 0 spiro atoms. The van der Waals surface area contributed by atoms with Crippen LogP contribution in [0.5, 0.6) is 0 Å². The van der Waals surface area contributed by atoms with Gasteiger partial charge in [0.1, 0.15) is 13.1 Å². The fraction of sp³-hybridized carbons (Fsp3) is 0.680. The number of allylic oxidation sites excluding steroid dienone is 4. The quantitative estimate of drug-likeness (QED) is 0.0377. The normalized spacial score (nSPS) is 12.1. The number of hydrogen-bond acceptors (Lipinski definition) is 0. The van der Waals surface area contributed by atoms with Gasteiger partial charge in [-0.15, -0.1) is 0 Å². The molecule has 0 aliphatic rings. The van der Waals surface area contributed by atoms with E-state index in [4.69, 9.17) is 0 Å². The van der Waals surface area contributed by atoms with E-state index in [0.29, 0.717) is 0 Å². The minimum absolute atomic E-state index is 1.16. The molecule has 0 aliphatic carbocycles. The van der Waals surface area contributed by atoms with Crippen LogP contribution >= 0.6 is 0 Å². The zero-order valence-electron chi connectivity index (χ0n) is 34.2. The maximum Gasteiger partial charge on any atom is 0.105 e. The summed E-state index contributed by atoms with van der Waals surface area (Å²) in [7, 11) is 0. The van der Waals surface area contributed by atoms with Crippen LogP contribution in [0.15, 0.2) is 85.0 Å². The number of unbranched alkanes of at least 4 members (excludes halogenated alkanes) is 24. The van der Waals surface area contributed by atoms with Gasteiger partial charge < -0.3 is 4.48 Å². The van der Waals surface area contributed by atoms with Gasteiger partial charge in [-0.1, -0.05) is 202 Å². The summed E-state index contributed by atoms with van der Waals surface area (Å²) in [4.78, 5) is 0. The van der Waals surface area contributed by atoms with Crippen LogP contribution in [0.2, 0.25) is 0 Å². The highest BCUT2D eigenvalue weighted by Crippen LogP contribution is 2.24. The SMILES string of the molecule is CCCCC/C=C/CCCCCCCCCCC[N+](CCCCCCCCCCC/C=C/CCCCC)(Cc1ccccc1)Cc1ccccc1. The third kappa shape index (κ3) is 26.3. The van der Waals surface area contributed by atoms with Crippen LogP contribution < -0.4 is 0 Å². The van der Waals surface area contributed by atoms with E-state index in [1.54, 1.807) is 0 Å². The topological polar surface area (TPSA) is 0 Å². The molecule has 0 saturated heterocycles. The van der Waals surface area contributed by atoms with Crippen molar-refractivity contribution in [1.29, 1.82) is 0 Å². The lowest BCUT2D eigenvalue weighted by Crippen LogP contribution is -2.48. The molecule has 1 nitrogen and oxygen atoms in total. The molecule has 0 bridgehead atoms. The van der Waals surface area contributed by atoms with Crippen molar-refractivity contribution in [2.75, 3.05) is 13.1 Å². The Morgan fingerprint density at radius 3 is 0.922 bits per heavy atom. The second-order valence-electron chi connectivity index (χ2n) is 16.0. The summed E-state index contributed by atoms with van der Waals surface area (Å²) in [5.74, 6) is 0. The van der Waals surface area contributed by atoms with Crippen molar-refractivity contribution in [3.63, 3.8) is 0 Å². The van der Waals surface area contributed by atoms with Crippen molar-refractivity contribution >= 4 is 0 Å². The molecular formula is C50H84N+. The standard InChI is InChI=1S/C50H84N/c1-3-5-7-9-11-13-15-17-19-21-23-25-27-29-31-39-45-51(47-49-41-35-33-36-42-49,48-50-43-37-34-38-44-50)46-40-32-30-28-26-24-22-20-18-16-14-12-10-8-6-4-2/h11-14,33-38,41-44H,3-10,15-32,39-40,45-48H2,1-2H3/q+1/b13-11+,14-12+. The van der Waals surface area contributed by atoms with Crippen LogP contribution in [0.3, 0.4) is 0 Å². The molecule has 0 unspecified atom stereocenters. The van der Waals surface area contributed by atoms with Crippen LogP contribution in [0.1, 0.15) is 205 Å². The van der Waals surface area contributed by atoms with Crippen molar-refractivity contribution in [2.24, 2.45) is 0 Å². The van der Waals surface area contributed by atoms with Gasteiger partial charge in [0.25, 0.3) is 0 Å². The van der Waals surface area contributed by atoms with E-state index in [-0.39, 0.29) is 0 Å². The second kappa shape index (κ2) is 33.7. The van der Waals surface area contributed by atoms with Gasteiger partial charge in [-0.3, -0.25) is 0 Å². The molecule has 0 heterocycles. The molecule has 0 aliphatic heterocycles. The summed E-state index contributed by atoms with van der Waals surface area (Å²) in [6.07, 6.45) is 48.3.